The molecule has 0 unspecified atom stereocenters. The van der Waals surface area contributed by atoms with E-state index in [1.54, 1.807) is 6.20 Å². The predicted octanol–water partition coefficient (Wildman–Crippen LogP) is 2.20. The first-order valence-electron chi connectivity index (χ1n) is 3.25. The molecule has 0 radical (unpaired) electrons. The van der Waals surface area contributed by atoms with Gasteiger partial charge in [0.05, 0.1) is 6.54 Å². The zero-order valence-corrected chi connectivity index (χ0v) is 6.23. The molecule has 4 heteroatoms. The third-order valence-corrected chi connectivity index (χ3v) is 1.28. The summed E-state index contributed by atoms with van der Waals surface area (Å²) >= 11 is 0. The highest BCUT2D eigenvalue weighted by Gasteiger charge is 1.89. The van der Waals surface area contributed by atoms with Gasteiger partial charge in [-0.3, -0.25) is 4.98 Å². The van der Waals surface area contributed by atoms with E-state index in [4.69, 9.17) is 5.53 Å². The molecule has 0 saturated carbocycles. The van der Waals surface area contributed by atoms with Crippen LogP contribution in [0.4, 0.5) is 0 Å². The average molecular weight is 148 g/mol. The molecule has 0 aliphatic heterocycles. The second-order valence-electron chi connectivity index (χ2n) is 2.19. The average Bonchev–Trinajstić information content (AvgIpc) is 2.01. The Morgan fingerprint density at radius 1 is 1.73 bits per heavy atom. The SMILES string of the molecule is Cc1cc(CN=[N+]=[N-])ccn1. The van der Waals surface area contributed by atoms with Crippen LogP contribution in [0, 0.1) is 6.92 Å². The number of rotatable bonds is 2. The van der Waals surface area contributed by atoms with Crippen molar-refractivity contribution in [2.45, 2.75) is 13.5 Å². The van der Waals surface area contributed by atoms with E-state index in [2.05, 4.69) is 15.0 Å². The van der Waals surface area contributed by atoms with Crippen molar-refractivity contribution in [3.8, 4) is 0 Å². The summed E-state index contributed by atoms with van der Waals surface area (Å²) in [5.41, 5.74) is 9.98. The van der Waals surface area contributed by atoms with E-state index in [0.717, 1.165) is 11.3 Å². The minimum atomic E-state index is 0.403. The maximum absolute atomic E-state index is 8.04. The van der Waals surface area contributed by atoms with Crippen LogP contribution in [0.15, 0.2) is 23.4 Å². The van der Waals surface area contributed by atoms with Gasteiger partial charge in [0.15, 0.2) is 0 Å². The zero-order valence-electron chi connectivity index (χ0n) is 6.23. The summed E-state index contributed by atoms with van der Waals surface area (Å²) in [5.74, 6) is 0. The Morgan fingerprint density at radius 2 is 2.55 bits per heavy atom. The van der Waals surface area contributed by atoms with Crippen molar-refractivity contribution in [3.63, 3.8) is 0 Å². The molecule has 1 rings (SSSR count). The van der Waals surface area contributed by atoms with E-state index in [9.17, 15) is 0 Å². The van der Waals surface area contributed by atoms with E-state index >= 15 is 0 Å². The lowest BCUT2D eigenvalue weighted by atomic mass is 10.2. The Kier molecular flexibility index (Phi) is 2.47. The molecule has 0 aliphatic carbocycles. The maximum Gasteiger partial charge on any atom is 0.0512 e. The van der Waals surface area contributed by atoms with Crippen LogP contribution < -0.4 is 0 Å². The summed E-state index contributed by atoms with van der Waals surface area (Å²) in [7, 11) is 0. The number of hydrogen-bond donors (Lipinski definition) is 0. The van der Waals surface area contributed by atoms with Crippen LogP contribution >= 0.6 is 0 Å². The second-order valence-corrected chi connectivity index (χ2v) is 2.19. The molecule has 0 spiro atoms. The van der Waals surface area contributed by atoms with Gasteiger partial charge >= 0.3 is 0 Å². The van der Waals surface area contributed by atoms with Gasteiger partial charge in [-0.15, -0.1) is 0 Å². The third kappa shape index (κ3) is 2.27. The van der Waals surface area contributed by atoms with Gasteiger partial charge in [-0.1, -0.05) is 5.11 Å². The molecule has 0 aliphatic rings. The van der Waals surface area contributed by atoms with Crippen LogP contribution in [0.1, 0.15) is 11.3 Å². The summed E-state index contributed by atoms with van der Waals surface area (Å²) in [6.45, 7) is 2.31. The lowest BCUT2D eigenvalue weighted by Crippen LogP contribution is -1.84. The Hall–Kier alpha value is -1.54. The summed E-state index contributed by atoms with van der Waals surface area (Å²) in [5, 5.41) is 3.44. The maximum atomic E-state index is 8.04. The highest BCUT2D eigenvalue weighted by molar-refractivity contribution is 5.14. The van der Waals surface area contributed by atoms with Crippen molar-refractivity contribution in [2.75, 3.05) is 0 Å². The molecule has 0 saturated heterocycles. The van der Waals surface area contributed by atoms with E-state index in [1.165, 1.54) is 0 Å². The molecular formula is C7H8N4. The van der Waals surface area contributed by atoms with E-state index < -0.39 is 0 Å². The van der Waals surface area contributed by atoms with Crippen molar-refractivity contribution in [3.05, 3.63) is 40.0 Å². The lowest BCUT2D eigenvalue weighted by Gasteiger charge is -1.94. The van der Waals surface area contributed by atoms with Crippen LogP contribution in [0.2, 0.25) is 0 Å². The van der Waals surface area contributed by atoms with E-state index in [0.29, 0.717) is 6.54 Å². The molecule has 4 nitrogen and oxygen atoms in total. The van der Waals surface area contributed by atoms with Gasteiger partial charge in [0.1, 0.15) is 0 Å². The van der Waals surface area contributed by atoms with Gasteiger partial charge < -0.3 is 0 Å². The molecule has 0 aromatic carbocycles. The normalized spacial score (nSPS) is 8.82. The number of aromatic nitrogens is 1. The fourth-order valence-corrected chi connectivity index (χ4v) is 0.816. The predicted molar refractivity (Wildman–Crippen MR) is 41.8 cm³/mol. The molecule has 0 bridgehead atoms. The van der Waals surface area contributed by atoms with Gasteiger partial charge in [-0.25, -0.2) is 0 Å². The molecule has 1 heterocycles. The number of hydrogen-bond acceptors (Lipinski definition) is 2. The van der Waals surface area contributed by atoms with E-state index in [1.807, 2.05) is 19.1 Å². The zero-order chi connectivity index (χ0) is 8.10. The van der Waals surface area contributed by atoms with Crippen LogP contribution in [-0.4, -0.2) is 4.98 Å². The molecule has 56 valence electrons. The Morgan fingerprint density at radius 3 is 3.18 bits per heavy atom. The van der Waals surface area contributed by atoms with Crippen LogP contribution in [-0.2, 0) is 6.54 Å². The quantitative estimate of drug-likeness (QED) is 0.360. The largest absolute Gasteiger partial charge is 0.262 e. The fourth-order valence-electron chi connectivity index (χ4n) is 0.816. The Labute approximate surface area is 64.5 Å². The first-order chi connectivity index (χ1) is 5.33. The monoisotopic (exact) mass is 148 g/mol. The summed E-state index contributed by atoms with van der Waals surface area (Å²) < 4.78 is 0. The van der Waals surface area contributed by atoms with Gasteiger partial charge in [0, 0.05) is 16.8 Å². The molecule has 0 fully saturated rings. The number of pyridine rings is 1. The molecule has 0 N–H and O–H groups in total. The number of azide groups is 1. The van der Waals surface area contributed by atoms with Crippen LogP contribution in [0.3, 0.4) is 0 Å². The molecule has 0 amide bonds. The molecule has 11 heavy (non-hydrogen) atoms. The smallest absolute Gasteiger partial charge is 0.0512 e. The standard InChI is InChI=1S/C7H8N4/c1-6-4-7(2-3-9-6)5-10-11-8/h2-4H,5H2,1H3. The lowest BCUT2D eigenvalue weighted by molar-refractivity contribution is 1.02. The van der Waals surface area contributed by atoms with Crippen molar-refractivity contribution in [1.82, 2.24) is 4.98 Å². The van der Waals surface area contributed by atoms with Gasteiger partial charge in [0.2, 0.25) is 0 Å². The second kappa shape index (κ2) is 3.58. The van der Waals surface area contributed by atoms with E-state index in [-0.39, 0.29) is 0 Å². The number of aryl methyl sites for hydroxylation is 1. The fraction of sp³-hybridized carbons (Fsp3) is 0.286. The first-order valence-corrected chi connectivity index (χ1v) is 3.25. The van der Waals surface area contributed by atoms with Gasteiger partial charge in [-0.2, -0.15) is 0 Å². The summed E-state index contributed by atoms with van der Waals surface area (Å²) in [4.78, 5) is 6.68. The van der Waals surface area contributed by atoms with Gasteiger partial charge in [0.25, 0.3) is 0 Å². The minimum Gasteiger partial charge on any atom is -0.262 e. The molecular weight excluding hydrogens is 140 g/mol. The van der Waals surface area contributed by atoms with Crippen molar-refractivity contribution >= 4 is 0 Å². The topological polar surface area (TPSA) is 61.7 Å². The summed E-state index contributed by atoms with van der Waals surface area (Å²) in [6.07, 6.45) is 1.71. The van der Waals surface area contributed by atoms with Crippen molar-refractivity contribution in [1.29, 1.82) is 0 Å². The van der Waals surface area contributed by atoms with Crippen molar-refractivity contribution < 1.29 is 0 Å². The highest BCUT2D eigenvalue weighted by Crippen LogP contribution is 2.01. The van der Waals surface area contributed by atoms with Crippen LogP contribution in [0.5, 0.6) is 0 Å². The number of nitrogens with zero attached hydrogens (tertiary/aromatic N) is 4. The van der Waals surface area contributed by atoms with Gasteiger partial charge in [-0.05, 0) is 30.2 Å². The third-order valence-electron chi connectivity index (χ3n) is 1.28. The van der Waals surface area contributed by atoms with Crippen molar-refractivity contribution in [2.24, 2.45) is 5.11 Å². The first kappa shape index (κ1) is 7.57. The summed E-state index contributed by atoms with van der Waals surface area (Å²) in [6, 6.07) is 3.73. The molecule has 0 atom stereocenters. The van der Waals surface area contributed by atoms with Crippen LogP contribution in [0.25, 0.3) is 10.4 Å². The highest BCUT2D eigenvalue weighted by atomic mass is 15.1. The molecule has 1 aromatic rings. The molecule has 1 aromatic heterocycles. The minimum absolute atomic E-state index is 0.403. The Bertz CT molecular complexity index is 288. The Balaban J connectivity index is 2.79.